The molecule has 0 aliphatic heterocycles. The summed E-state index contributed by atoms with van der Waals surface area (Å²) < 4.78 is 14.9. The lowest BCUT2D eigenvalue weighted by Crippen LogP contribution is -2.15. The number of pyridine rings is 1. The van der Waals surface area contributed by atoms with Crippen LogP contribution in [0.1, 0.15) is 42.3 Å². The van der Waals surface area contributed by atoms with E-state index in [9.17, 15) is 9.18 Å². The summed E-state index contributed by atoms with van der Waals surface area (Å²) in [7, 11) is 0. The average molecular weight is 377 g/mol. The molecule has 7 heteroatoms. The molecule has 1 aromatic carbocycles. The monoisotopic (exact) mass is 377 g/mol. The lowest BCUT2D eigenvalue weighted by molar-refractivity contribution is -0.115. The molecule has 2 heterocycles. The van der Waals surface area contributed by atoms with E-state index in [1.807, 2.05) is 24.3 Å². The number of nitrogens with one attached hydrogen (secondary N) is 1. The summed E-state index contributed by atoms with van der Waals surface area (Å²) in [6.45, 7) is 4.52. The Kier molecular flexibility index (Phi) is 5.80. The number of rotatable bonds is 6. The summed E-state index contributed by atoms with van der Waals surface area (Å²) in [5.41, 5.74) is 2.42. The molecule has 6 nitrogen and oxygen atoms in total. The van der Waals surface area contributed by atoms with Crippen LogP contribution in [0.3, 0.4) is 0 Å². The first kappa shape index (κ1) is 19.2. The molecular formula is C21H20FN5O. The van der Waals surface area contributed by atoms with E-state index in [1.165, 1.54) is 17.7 Å². The van der Waals surface area contributed by atoms with Crippen LogP contribution in [0.15, 0.2) is 48.7 Å². The van der Waals surface area contributed by atoms with Gasteiger partial charge in [-0.25, -0.2) is 9.37 Å². The minimum Gasteiger partial charge on any atom is -0.309 e. The number of aromatic nitrogens is 3. The molecule has 0 radical (unpaired) electrons. The highest BCUT2D eigenvalue weighted by Gasteiger charge is 2.09. The Morgan fingerprint density at radius 2 is 1.96 bits per heavy atom. The van der Waals surface area contributed by atoms with Crippen molar-refractivity contribution >= 4 is 11.7 Å². The average Bonchev–Trinajstić information content (AvgIpc) is 3.10. The number of nitrogens with zero attached hydrogens (tertiary/aromatic N) is 4. The summed E-state index contributed by atoms with van der Waals surface area (Å²) >= 11 is 0. The predicted octanol–water partition coefficient (Wildman–Crippen LogP) is 3.64. The molecule has 0 unspecified atom stereocenters. The van der Waals surface area contributed by atoms with Crippen LogP contribution >= 0.6 is 0 Å². The third-order valence-electron chi connectivity index (χ3n) is 4.25. The zero-order valence-electron chi connectivity index (χ0n) is 15.7. The van der Waals surface area contributed by atoms with E-state index in [-0.39, 0.29) is 24.6 Å². The highest BCUT2D eigenvalue weighted by atomic mass is 19.1. The second kappa shape index (κ2) is 8.44. The molecule has 1 amide bonds. The minimum atomic E-state index is -0.652. The molecule has 3 rings (SSSR count). The van der Waals surface area contributed by atoms with Crippen molar-refractivity contribution in [3.8, 4) is 6.07 Å². The number of anilines is 1. The van der Waals surface area contributed by atoms with Gasteiger partial charge in [-0.1, -0.05) is 38.1 Å². The van der Waals surface area contributed by atoms with Gasteiger partial charge in [0.25, 0.3) is 0 Å². The fraction of sp³-hybridized carbons (Fsp3) is 0.238. The zero-order chi connectivity index (χ0) is 20.1. The standard InChI is InChI=1S/C21H20FN5O/c1-14(2)16-5-3-15(4-6-16)11-21(28)25-20-9-10-27(26-20)13-17-7-8-18(22)19(12-23)24-17/h3-10,14H,11,13H2,1-2H3,(H,25,26,28). The van der Waals surface area contributed by atoms with Gasteiger partial charge < -0.3 is 5.32 Å². The summed E-state index contributed by atoms with van der Waals surface area (Å²) in [5, 5.41) is 15.9. The smallest absolute Gasteiger partial charge is 0.229 e. The first-order chi connectivity index (χ1) is 13.4. The van der Waals surface area contributed by atoms with E-state index in [4.69, 9.17) is 5.26 Å². The molecule has 1 N–H and O–H groups in total. The molecule has 0 saturated carbocycles. The van der Waals surface area contributed by atoms with E-state index in [0.717, 1.165) is 5.56 Å². The van der Waals surface area contributed by atoms with Crippen molar-refractivity contribution < 1.29 is 9.18 Å². The highest BCUT2D eigenvalue weighted by molar-refractivity contribution is 5.91. The van der Waals surface area contributed by atoms with Gasteiger partial charge in [0.2, 0.25) is 5.91 Å². The first-order valence-electron chi connectivity index (χ1n) is 8.92. The number of nitriles is 1. The Morgan fingerprint density at radius 1 is 1.21 bits per heavy atom. The van der Waals surface area contributed by atoms with Crippen molar-refractivity contribution in [1.82, 2.24) is 14.8 Å². The van der Waals surface area contributed by atoms with Crippen LogP contribution in [0, 0.1) is 17.1 Å². The maximum atomic E-state index is 13.3. The molecule has 0 aliphatic carbocycles. The number of hydrogen-bond donors (Lipinski definition) is 1. The molecular weight excluding hydrogens is 357 g/mol. The van der Waals surface area contributed by atoms with Crippen LogP contribution in [0.2, 0.25) is 0 Å². The number of hydrogen-bond acceptors (Lipinski definition) is 4. The van der Waals surface area contributed by atoms with Crippen LogP contribution < -0.4 is 5.32 Å². The SMILES string of the molecule is CC(C)c1ccc(CC(=O)Nc2ccn(Cc3ccc(F)c(C#N)n3)n2)cc1. The summed E-state index contributed by atoms with van der Waals surface area (Å²) in [6, 6.07) is 14.1. The van der Waals surface area contributed by atoms with E-state index in [2.05, 4.69) is 29.2 Å². The van der Waals surface area contributed by atoms with Gasteiger partial charge in [-0.3, -0.25) is 9.48 Å². The second-order valence-corrected chi connectivity index (χ2v) is 6.76. The molecule has 0 saturated heterocycles. The van der Waals surface area contributed by atoms with Gasteiger partial charge in [-0.2, -0.15) is 10.4 Å². The van der Waals surface area contributed by atoms with Crippen LogP contribution in [0.25, 0.3) is 0 Å². The molecule has 0 aliphatic rings. The van der Waals surface area contributed by atoms with Crippen molar-refractivity contribution in [2.24, 2.45) is 0 Å². The van der Waals surface area contributed by atoms with E-state index in [1.54, 1.807) is 23.0 Å². The summed E-state index contributed by atoms with van der Waals surface area (Å²) in [6.07, 6.45) is 1.94. The maximum absolute atomic E-state index is 13.3. The quantitative estimate of drug-likeness (QED) is 0.711. The third kappa shape index (κ3) is 4.80. The lowest BCUT2D eigenvalue weighted by Gasteiger charge is -2.07. The normalized spacial score (nSPS) is 10.7. The fourth-order valence-electron chi connectivity index (χ4n) is 2.72. The topological polar surface area (TPSA) is 83.6 Å². The Hall–Kier alpha value is -3.53. The van der Waals surface area contributed by atoms with Gasteiger partial charge >= 0.3 is 0 Å². The van der Waals surface area contributed by atoms with E-state index < -0.39 is 5.82 Å². The van der Waals surface area contributed by atoms with Gasteiger partial charge in [0.05, 0.1) is 18.7 Å². The third-order valence-corrected chi connectivity index (χ3v) is 4.25. The summed E-state index contributed by atoms with van der Waals surface area (Å²) in [5.74, 6) is 0.0633. The molecule has 142 valence electrons. The van der Waals surface area contributed by atoms with Crippen molar-refractivity contribution in [3.05, 3.63) is 77.0 Å². The second-order valence-electron chi connectivity index (χ2n) is 6.76. The van der Waals surface area contributed by atoms with Gasteiger partial charge in [-0.05, 0) is 29.2 Å². The molecule has 0 atom stereocenters. The van der Waals surface area contributed by atoms with Crippen molar-refractivity contribution in [1.29, 1.82) is 5.26 Å². The maximum Gasteiger partial charge on any atom is 0.229 e. The van der Waals surface area contributed by atoms with Gasteiger partial charge in [-0.15, -0.1) is 0 Å². The Balaban J connectivity index is 1.59. The van der Waals surface area contributed by atoms with Crippen LogP contribution in [-0.2, 0) is 17.8 Å². The Morgan fingerprint density at radius 3 is 2.64 bits per heavy atom. The number of benzene rings is 1. The Labute approximate surface area is 162 Å². The van der Waals surface area contributed by atoms with Crippen LogP contribution in [-0.4, -0.2) is 20.7 Å². The van der Waals surface area contributed by atoms with Crippen molar-refractivity contribution in [2.75, 3.05) is 5.32 Å². The zero-order valence-corrected chi connectivity index (χ0v) is 15.7. The van der Waals surface area contributed by atoms with Crippen molar-refractivity contribution in [2.45, 2.75) is 32.7 Å². The van der Waals surface area contributed by atoms with Gasteiger partial charge in [0.15, 0.2) is 17.3 Å². The van der Waals surface area contributed by atoms with E-state index in [0.29, 0.717) is 17.4 Å². The first-order valence-corrected chi connectivity index (χ1v) is 8.92. The number of carbonyl (C=O) groups is 1. The minimum absolute atomic E-state index is 0.158. The molecule has 2 aromatic heterocycles. The van der Waals surface area contributed by atoms with Crippen LogP contribution in [0.5, 0.6) is 0 Å². The van der Waals surface area contributed by atoms with Gasteiger partial charge in [0.1, 0.15) is 6.07 Å². The molecule has 28 heavy (non-hydrogen) atoms. The molecule has 0 bridgehead atoms. The number of amides is 1. The summed E-state index contributed by atoms with van der Waals surface area (Å²) in [4.78, 5) is 16.2. The molecule has 0 fully saturated rings. The lowest BCUT2D eigenvalue weighted by atomic mass is 10.0. The Bertz CT molecular complexity index is 1020. The molecule has 3 aromatic rings. The molecule has 0 spiro atoms. The fourth-order valence-corrected chi connectivity index (χ4v) is 2.72. The number of carbonyl (C=O) groups excluding carboxylic acids is 1. The number of halogens is 1. The van der Waals surface area contributed by atoms with Crippen molar-refractivity contribution in [3.63, 3.8) is 0 Å². The predicted molar refractivity (Wildman–Crippen MR) is 103 cm³/mol. The van der Waals surface area contributed by atoms with Crippen LogP contribution in [0.4, 0.5) is 10.2 Å². The van der Waals surface area contributed by atoms with E-state index >= 15 is 0 Å². The highest BCUT2D eigenvalue weighted by Crippen LogP contribution is 2.15. The van der Waals surface area contributed by atoms with Gasteiger partial charge in [0, 0.05) is 12.3 Å². The largest absolute Gasteiger partial charge is 0.309 e.